The largest absolute Gasteiger partial charge is 0.374 e. The number of aryl methyl sites for hydroxylation is 1. The Labute approximate surface area is 114 Å². The Kier molecular flexibility index (Phi) is 4.35. The summed E-state index contributed by atoms with van der Waals surface area (Å²) in [6.45, 7) is 3.45. The van der Waals surface area contributed by atoms with Gasteiger partial charge in [0, 0.05) is 24.0 Å². The van der Waals surface area contributed by atoms with Gasteiger partial charge < -0.3 is 9.64 Å². The van der Waals surface area contributed by atoms with Crippen molar-refractivity contribution in [2.24, 2.45) is 0 Å². The number of halogens is 2. The van der Waals surface area contributed by atoms with Gasteiger partial charge in [0.1, 0.15) is 5.82 Å². The quantitative estimate of drug-likeness (QED) is 0.784. The fourth-order valence-corrected chi connectivity index (χ4v) is 2.43. The normalized spacial score (nSPS) is 19.9. The summed E-state index contributed by atoms with van der Waals surface area (Å²) in [4.78, 5) is 14.1. The van der Waals surface area contributed by atoms with Crippen LogP contribution in [0.4, 0.5) is 4.39 Å². The van der Waals surface area contributed by atoms with Crippen molar-refractivity contribution in [1.82, 2.24) is 4.90 Å². The van der Waals surface area contributed by atoms with Crippen LogP contribution in [-0.2, 0) is 4.74 Å². The molecule has 1 amide bonds. The first-order valence-electron chi connectivity index (χ1n) is 5.85. The monoisotopic (exact) mass is 315 g/mol. The molecule has 3 nitrogen and oxygen atoms in total. The van der Waals surface area contributed by atoms with Gasteiger partial charge in [0.25, 0.3) is 5.91 Å². The lowest BCUT2D eigenvalue weighted by molar-refractivity contribution is -0.00968. The molecule has 0 saturated carbocycles. The van der Waals surface area contributed by atoms with Crippen molar-refractivity contribution in [2.75, 3.05) is 25.0 Å². The fraction of sp³-hybridized carbons (Fsp3) is 0.462. The highest BCUT2D eigenvalue weighted by Crippen LogP contribution is 2.16. The maximum atomic E-state index is 13.0. The van der Waals surface area contributed by atoms with Gasteiger partial charge in [-0.3, -0.25) is 4.79 Å². The zero-order chi connectivity index (χ0) is 13.1. The minimum atomic E-state index is -0.315. The minimum absolute atomic E-state index is 0.0310. The molecule has 0 aromatic heterocycles. The molecule has 5 heteroatoms. The molecule has 1 aromatic rings. The second-order valence-electron chi connectivity index (χ2n) is 4.36. The highest BCUT2D eigenvalue weighted by Gasteiger charge is 2.25. The summed E-state index contributed by atoms with van der Waals surface area (Å²) in [7, 11) is 0. The van der Waals surface area contributed by atoms with E-state index in [4.69, 9.17) is 4.74 Å². The van der Waals surface area contributed by atoms with Gasteiger partial charge in [0.2, 0.25) is 0 Å². The van der Waals surface area contributed by atoms with Crippen LogP contribution >= 0.6 is 15.9 Å². The van der Waals surface area contributed by atoms with E-state index in [9.17, 15) is 9.18 Å². The van der Waals surface area contributed by atoms with Crippen LogP contribution in [0.5, 0.6) is 0 Å². The number of amides is 1. The topological polar surface area (TPSA) is 29.5 Å². The first-order chi connectivity index (χ1) is 8.61. The predicted molar refractivity (Wildman–Crippen MR) is 70.6 cm³/mol. The number of carbonyl (C=O) groups is 1. The third-order valence-corrected chi connectivity index (χ3v) is 3.74. The lowest BCUT2D eigenvalue weighted by atomic mass is 10.1. The number of hydrogen-bond donors (Lipinski definition) is 0. The molecule has 0 radical (unpaired) electrons. The number of carbonyl (C=O) groups excluding carboxylic acids is 1. The summed E-state index contributed by atoms with van der Waals surface area (Å²) in [5, 5.41) is 0.708. The molecule has 2 rings (SSSR count). The Bertz CT molecular complexity index is 453. The van der Waals surface area contributed by atoms with Crippen LogP contribution in [0.25, 0.3) is 0 Å². The summed E-state index contributed by atoms with van der Waals surface area (Å²) in [5.74, 6) is -0.369. The van der Waals surface area contributed by atoms with Crippen LogP contribution in [-0.4, -0.2) is 41.9 Å². The fourth-order valence-electron chi connectivity index (χ4n) is 2.03. The Hall–Kier alpha value is -0.940. The number of hydrogen-bond acceptors (Lipinski definition) is 2. The summed E-state index contributed by atoms with van der Waals surface area (Å²) in [6, 6.07) is 4.25. The summed E-state index contributed by atoms with van der Waals surface area (Å²) >= 11 is 3.36. The second-order valence-corrected chi connectivity index (χ2v) is 5.00. The average Bonchev–Trinajstić information content (AvgIpc) is 2.38. The summed E-state index contributed by atoms with van der Waals surface area (Å²) < 4.78 is 18.5. The van der Waals surface area contributed by atoms with Gasteiger partial charge in [-0.05, 0) is 30.7 Å². The lowest BCUT2D eigenvalue weighted by Crippen LogP contribution is -2.46. The van der Waals surface area contributed by atoms with Gasteiger partial charge in [0.15, 0.2) is 0 Å². The van der Waals surface area contributed by atoms with Crippen molar-refractivity contribution < 1.29 is 13.9 Å². The molecule has 1 fully saturated rings. The molecule has 1 heterocycles. The minimum Gasteiger partial charge on any atom is -0.374 e. The molecule has 1 aliphatic rings. The third-order valence-electron chi connectivity index (χ3n) is 3.02. The van der Waals surface area contributed by atoms with Crippen LogP contribution in [0.3, 0.4) is 0 Å². The van der Waals surface area contributed by atoms with Gasteiger partial charge in [0.05, 0.1) is 12.7 Å². The molecular formula is C13H15BrFNO2. The third kappa shape index (κ3) is 2.90. The van der Waals surface area contributed by atoms with E-state index in [0.29, 0.717) is 36.2 Å². The molecule has 1 unspecified atom stereocenters. The van der Waals surface area contributed by atoms with Crippen molar-refractivity contribution in [3.05, 3.63) is 35.1 Å². The zero-order valence-corrected chi connectivity index (χ0v) is 11.7. The van der Waals surface area contributed by atoms with E-state index in [2.05, 4.69) is 15.9 Å². The van der Waals surface area contributed by atoms with E-state index in [0.717, 1.165) is 0 Å². The Balaban J connectivity index is 2.15. The molecule has 98 valence electrons. The van der Waals surface area contributed by atoms with Crippen molar-refractivity contribution in [3.8, 4) is 0 Å². The van der Waals surface area contributed by atoms with Crippen molar-refractivity contribution in [2.45, 2.75) is 13.0 Å². The van der Waals surface area contributed by atoms with Crippen molar-refractivity contribution in [1.29, 1.82) is 0 Å². The van der Waals surface area contributed by atoms with Gasteiger partial charge in [-0.1, -0.05) is 15.9 Å². The van der Waals surface area contributed by atoms with Crippen LogP contribution in [0.1, 0.15) is 15.9 Å². The lowest BCUT2D eigenvalue weighted by Gasteiger charge is -2.32. The molecule has 1 saturated heterocycles. The number of rotatable bonds is 2. The first kappa shape index (κ1) is 13.5. The number of morpholine rings is 1. The smallest absolute Gasteiger partial charge is 0.254 e. The second kappa shape index (κ2) is 5.80. The SMILES string of the molecule is Cc1cc(F)ccc1C(=O)N1CCOC(CBr)C1. The highest BCUT2D eigenvalue weighted by molar-refractivity contribution is 9.09. The molecule has 0 aliphatic carbocycles. The maximum absolute atomic E-state index is 13.0. The molecule has 0 bridgehead atoms. The van der Waals surface area contributed by atoms with Crippen LogP contribution < -0.4 is 0 Å². The Morgan fingerprint density at radius 1 is 1.61 bits per heavy atom. The highest BCUT2D eigenvalue weighted by atomic mass is 79.9. The van der Waals surface area contributed by atoms with Crippen molar-refractivity contribution in [3.63, 3.8) is 0 Å². The standard InChI is InChI=1S/C13H15BrFNO2/c1-9-6-10(15)2-3-12(9)13(17)16-4-5-18-11(7-14)8-16/h2-3,6,11H,4-5,7-8H2,1H3. The van der Waals surface area contributed by atoms with Gasteiger partial charge in [-0.15, -0.1) is 0 Å². The molecule has 1 aliphatic heterocycles. The molecular weight excluding hydrogens is 301 g/mol. The molecule has 0 N–H and O–H groups in total. The Morgan fingerprint density at radius 2 is 2.39 bits per heavy atom. The summed E-state index contributed by atoms with van der Waals surface area (Å²) in [6.07, 6.45) is 0.0310. The van der Waals surface area contributed by atoms with Crippen LogP contribution in [0.15, 0.2) is 18.2 Å². The number of alkyl halides is 1. The predicted octanol–water partition coefficient (Wildman–Crippen LogP) is 2.37. The van der Waals surface area contributed by atoms with E-state index in [1.807, 2.05) is 0 Å². The van der Waals surface area contributed by atoms with E-state index in [-0.39, 0.29) is 17.8 Å². The van der Waals surface area contributed by atoms with E-state index in [1.165, 1.54) is 12.1 Å². The van der Waals surface area contributed by atoms with Crippen LogP contribution in [0.2, 0.25) is 0 Å². The number of benzene rings is 1. The molecule has 0 spiro atoms. The molecule has 18 heavy (non-hydrogen) atoms. The first-order valence-corrected chi connectivity index (χ1v) is 6.97. The average molecular weight is 316 g/mol. The van der Waals surface area contributed by atoms with Gasteiger partial charge >= 0.3 is 0 Å². The Morgan fingerprint density at radius 3 is 3.06 bits per heavy atom. The van der Waals surface area contributed by atoms with Crippen LogP contribution in [0, 0.1) is 12.7 Å². The maximum Gasteiger partial charge on any atom is 0.254 e. The van der Waals surface area contributed by atoms with Gasteiger partial charge in [-0.2, -0.15) is 0 Å². The molecule has 1 atom stereocenters. The van der Waals surface area contributed by atoms with E-state index >= 15 is 0 Å². The van der Waals surface area contributed by atoms with E-state index < -0.39 is 0 Å². The number of ether oxygens (including phenoxy) is 1. The zero-order valence-electron chi connectivity index (χ0n) is 10.2. The van der Waals surface area contributed by atoms with Crippen molar-refractivity contribution >= 4 is 21.8 Å². The van der Waals surface area contributed by atoms with Gasteiger partial charge in [-0.25, -0.2) is 4.39 Å². The molecule has 1 aromatic carbocycles. The summed E-state index contributed by atoms with van der Waals surface area (Å²) in [5.41, 5.74) is 1.23. The van der Waals surface area contributed by atoms with E-state index in [1.54, 1.807) is 17.9 Å². The number of nitrogens with zero attached hydrogens (tertiary/aromatic N) is 1.